The number of nitrogens with zero attached hydrogens (tertiary/aromatic N) is 1. The van der Waals surface area contributed by atoms with E-state index in [1.165, 1.54) is 16.8 Å². The Bertz CT molecular complexity index is 1460. The Hall–Kier alpha value is -3.30. The van der Waals surface area contributed by atoms with Crippen molar-refractivity contribution in [3.63, 3.8) is 0 Å². The molecule has 6 rings (SSSR count). The molecule has 9 heteroatoms. The summed E-state index contributed by atoms with van der Waals surface area (Å²) in [5, 5.41) is 11.6. The number of hydrogen-bond donors (Lipinski definition) is 2. The topological polar surface area (TPSA) is 103 Å². The number of benzene rings is 3. The van der Waals surface area contributed by atoms with Crippen molar-refractivity contribution in [2.45, 2.75) is 53.1 Å². The molecule has 2 saturated heterocycles. The average molecular weight is 634 g/mol. The molecule has 4 aromatic rings. The molecule has 1 unspecified atom stereocenters. The molecule has 2 fully saturated rings. The van der Waals surface area contributed by atoms with E-state index in [9.17, 15) is 14.7 Å². The Morgan fingerprint density at radius 1 is 0.881 bits per heavy atom. The minimum absolute atomic E-state index is 0.211. The molecule has 3 aromatic carbocycles. The van der Waals surface area contributed by atoms with E-state index in [-0.39, 0.29) is 26.4 Å². The molecule has 0 radical (unpaired) electrons. The quantitative estimate of drug-likeness (QED) is 0.215. The Balaban J connectivity index is 1.39. The van der Waals surface area contributed by atoms with Gasteiger partial charge < -0.3 is 0 Å². The molecular formula is C33H34N2O6Se. The first-order chi connectivity index (χ1) is 20.6. The maximum atomic E-state index is 12.8. The third kappa shape index (κ3) is 5.81. The van der Waals surface area contributed by atoms with Crippen molar-refractivity contribution < 1.29 is 19.3 Å². The van der Waals surface area contributed by atoms with E-state index in [0.717, 1.165) is 36.0 Å². The van der Waals surface area contributed by atoms with Gasteiger partial charge in [-0.1, -0.05) is 0 Å². The number of hydrogen-bond acceptors (Lipinski definition) is 6. The molecule has 2 aliphatic heterocycles. The molecule has 0 spiro atoms. The van der Waals surface area contributed by atoms with Crippen LogP contribution < -0.4 is 11.2 Å². The van der Waals surface area contributed by atoms with Crippen LogP contribution in [0.15, 0.2) is 113 Å². The summed E-state index contributed by atoms with van der Waals surface area (Å²) >= 11 is -0.323. The van der Waals surface area contributed by atoms with Crippen LogP contribution in [0.4, 0.5) is 0 Å². The first-order valence-corrected chi connectivity index (χ1v) is 16.3. The number of aromatic nitrogens is 2. The molecule has 0 amide bonds. The van der Waals surface area contributed by atoms with E-state index in [1.54, 1.807) is 0 Å². The predicted octanol–water partition coefficient (Wildman–Crippen LogP) is 3.82. The summed E-state index contributed by atoms with van der Waals surface area (Å²) in [7, 11) is 0. The fraction of sp³-hybridized carbons (Fsp3) is 0.333. The van der Waals surface area contributed by atoms with Crippen molar-refractivity contribution in [2.75, 3.05) is 13.2 Å². The Kier molecular flexibility index (Phi) is 8.86. The van der Waals surface area contributed by atoms with Crippen LogP contribution >= 0.6 is 0 Å². The SMILES string of the molecule is O=c1ccn([C@@H]2[Se][C@H](COC(c3ccccc3)(c3ccccc3)c3ccccc3)[C@@H](OC3CCCCO3)[C@@H]2O)c(=O)[nH]1. The molecular weight excluding hydrogens is 599 g/mol. The van der Waals surface area contributed by atoms with Gasteiger partial charge in [-0.05, 0) is 0 Å². The van der Waals surface area contributed by atoms with Crippen molar-refractivity contribution in [3.05, 3.63) is 141 Å². The fourth-order valence-electron chi connectivity index (χ4n) is 5.85. The normalized spacial score (nSPS) is 24.5. The summed E-state index contributed by atoms with van der Waals surface area (Å²) in [4.78, 5) is 26.1. The summed E-state index contributed by atoms with van der Waals surface area (Å²) in [5.74, 6) is 0. The molecule has 1 aromatic heterocycles. The zero-order valence-electron chi connectivity index (χ0n) is 23.1. The van der Waals surface area contributed by atoms with Crippen molar-refractivity contribution in [3.8, 4) is 0 Å². The van der Waals surface area contributed by atoms with Gasteiger partial charge in [0.05, 0.1) is 0 Å². The van der Waals surface area contributed by atoms with E-state index < -0.39 is 40.3 Å². The van der Waals surface area contributed by atoms with Crippen LogP contribution in [0.1, 0.15) is 40.9 Å². The molecule has 2 aliphatic rings. The number of nitrogens with one attached hydrogen (secondary N) is 1. The van der Waals surface area contributed by atoms with Crippen LogP contribution in [0, 0.1) is 0 Å². The van der Waals surface area contributed by atoms with Gasteiger partial charge in [0.2, 0.25) is 0 Å². The van der Waals surface area contributed by atoms with Gasteiger partial charge in [-0.2, -0.15) is 0 Å². The van der Waals surface area contributed by atoms with Gasteiger partial charge >= 0.3 is 251 Å². The van der Waals surface area contributed by atoms with Crippen LogP contribution in [0.3, 0.4) is 0 Å². The van der Waals surface area contributed by atoms with Crippen molar-refractivity contribution >= 4 is 15.0 Å². The van der Waals surface area contributed by atoms with Crippen molar-refractivity contribution in [1.29, 1.82) is 0 Å². The molecule has 0 bridgehead atoms. The number of aliphatic hydroxyl groups excluding tert-OH is 1. The number of rotatable bonds is 9. The standard InChI is InChI=1S/C33H34N2O6Se/c36-27-19-20-35(32(38)34-27)31-29(37)30(41-28-18-10-11-21-39-28)26(42-31)22-40-33(23-12-4-1-5-13-23,24-14-6-2-7-15-24)25-16-8-3-9-17-25/h1-9,12-17,19-20,26,28-31,37H,10-11,18,21-22H2,(H,34,36,38)/t26-,28?,29+,30-,31-/m1/s1. The summed E-state index contributed by atoms with van der Waals surface area (Å²) < 4.78 is 20.9. The molecule has 0 saturated carbocycles. The van der Waals surface area contributed by atoms with Crippen LogP contribution in [-0.2, 0) is 19.8 Å². The second kappa shape index (κ2) is 12.9. The van der Waals surface area contributed by atoms with Gasteiger partial charge in [-0.15, -0.1) is 0 Å². The average Bonchev–Trinajstić information content (AvgIpc) is 3.34. The summed E-state index contributed by atoms with van der Waals surface area (Å²) in [6.07, 6.45) is 2.15. The first kappa shape index (κ1) is 28.8. The monoisotopic (exact) mass is 634 g/mol. The van der Waals surface area contributed by atoms with Gasteiger partial charge in [0.15, 0.2) is 0 Å². The minimum atomic E-state index is -0.979. The summed E-state index contributed by atoms with van der Waals surface area (Å²) in [6.45, 7) is 0.878. The Morgan fingerprint density at radius 2 is 1.48 bits per heavy atom. The third-order valence-electron chi connectivity index (χ3n) is 7.89. The van der Waals surface area contributed by atoms with E-state index in [2.05, 4.69) is 41.4 Å². The third-order valence-corrected chi connectivity index (χ3v) is 11.1. The summed E-state index contributed by atoms with van der Waals surface area (Å²) in [5.41, 5.74) is 0.997. The number of H-pyrrole nitrogens is 1. The van der Waals surface area contributed by atoms with Crippen LogP contribution in [0.5, 0.6) is 0 Å². The number of ether oxygens (including phenoxy) is 3. The van der Waals surface area contributed by atoms with Gasteiger partial charge in [0.25, 0.3) is 0 Å². The van der Waals surface area contributed by atoms with Crippen LogP contribution in [0.2, 0.25) is 4.82 Å². The van der Waals surface area contributed by atoms with E-state index in [1.807, 2.05) is 54.6 Å². The Labute approximate surface area is 250 Å². The molecule has 0 aliphatic carbocycles. The first-order valence-electron chi connectivity index (χ1n) is 14.3. The van der Waals surface area contributed by atoms with Gasteiger partial charge in [0, 0.05) is 0 Å². The van der Waals surface area contributed by atoms with Crippen molar-refractivity contribution in [1.82, 2.24) is 9.55 Å². The Morgan fingerprint density at radius 3 is 2.00 bits per heavy atom. The maximum absolute atomic E-state index is 12.8. The van der Waals surface area contributed by atoms with Gasteiger partial charge in [-0.25, -0.2) is 0 Å². The zero-order chi connectivity index (χ0) is 28.9. The summed E-state index contributed by atoms with van der Waals surface area (Å²) in [6, 6.07) is 31.7. The van der Waals surface area contributed by atoms with Crippen molar-refractivity contribution in [2.24, 2.45) is 0 Å². The fourth-order valence-corrected chi connectivity index (χ4v) is 8.99. The number of aliphatic hydroxyl groups is 1. The zero-order valence-corrected chi connectivity index (χ0v) is 24.8. The van der Waals surface area contributed by atoms with Gasteiger partial charge in [-0.3, -0.25) is 0 Å². The van der Waals surface area contributed by atoms with E-state index in [4.69, 9.17) is 14.2 Å². The van der Waals surface area contributed by atoms with E-state index in [0.29, 0.717) is 6.61 Å². The molecule has 5 atom stereocenters. The van der Waals surface area contributed by atoms with Crippen LogP contribution in [-0.4, -0.2) is 61.3 Å². The molecule has 42 heavy (non-hydrogen) atoms. The number of aromatic amines is 1. The molecule has 3 heterocycles. The molecule has 8 nitrogen and oxygen atoms in total. The molecule has 218 valence electrons. The van der Waals surface area contributed by atoms with E-state index >= 15 is 0 Å². The predicted molar refractivity (Wildman–Crippen MR) is 159 cm³/mol. The second-order valence-corrected chi connectivity index (χ2v) is 13.4. The molecule has 2 N–H and O–H groups in total. The van der Waals surface area contributed by atoms with Crippen LogP contribution in [0.25, 0.3) is 0 Å². The second-order valence-electron chi connectivity index (χ2n) is 10.6. The van der Waals surface area contributed by atoms with Gasteiger partial charge in [0.1, 0.15) is 0 Å².